The van der Waals surface area contributed by atoms with Crippen LogP contribution < -0.4 is 0 Å². The Bertz CT molecular complexity index is 843. The molecule has 0 spiro atoms. The molecular weight excluding hydrogens is 278 g/mol. The van der Waals surface area contributed by atoms with Gasteiger partial charge >= 0.3 is 0 Å². The SMILES string of the molecule is O=[N+]([O-])c1ccc2c(ccn2Cc2cccc(F)c2F)c1. The van der Waals surface area contributed by atoms with Crippen molar-refractivity contribution in [2.75, 3.05) is 0 Å². The van der Waals surface area contributed by atoms with E-state index in [9.17, 15) is 18.9 Å². The van der Waals surface area contributed by atoms with E-state index in [1.54, 1.807) is 22.9 Å². The van der Waals surface area contributed by atoms with Crippen LogP contribution in [-0.2, 0) is 6.54 Å². The van der Waals surface area contributed by atoms with Gasteiger partial charge in [-0.1, -0.05) is 12.1 Å². The third-order valence-electron chi connectivity index (χ3n) is 3.34. The minimum atomic E-state index is -0.889. The summed E-state index contributed by atoms with van der Waals surface area (Å²) in [5.74, 6) is -1.76. The van der Waals surface area contributed by atoms with Crippen molar-refractivity contribution in [1.29, 1.82) is 0 Å². The number of non-ortho nitro benzene ring substituents is 1. The summed E-state index contributed by atoms with van der Waals surface area (Å²) in [5, 5.41) is 11.4. The normalized spacial score (nSPS) is 11.0. The highest BCUT2D eigenvalue weighted by Crippen LogP contribution is 2.23. The Morgan fingerprint density at radius 2 is 1.95 bits per heavy atom. The van der Waals surface area contributed by atoms with Gasteiger partial charge in [-0.15, -0.1) is 0 Å². The van der Waals surface area contributed by atoms with E-state index >= 15 is 0 Å². The molecule has 0 saturated carbocycles. The molecule has 106 valence electrons. The van der Waals surface area contributed by atoms with E-state index in [-0.39, 0.29) is 17.8 Å². The van der Waals surface area contributed by atoms with Crippen molar-refractivity contribution in [3.05, 3.63) is 76.0 Å². The second-order valence-electron chi connectivity index (χ2n) is 4.66. The Labute approximate surface area is 118 Å². The number of benzene rings is 2. The molecular formula is C15H10F2N2O2. The first-order chi connectivity index (χ1) is 10.1. The number of hydrogen-bond acceptors (Lipinski definition) is 2. The molecule has 0 aliphatic heterocycles. The second-order valence-corrected chi connectivity index (χ2v) is 4.66. The van der Waals surface area contributed by atoms with Gasteiger partial charge in [-0.25, -0.2) is 8.78 Å². The Hall–Kier alpha value is -2.76. The van der Waals surface area contributed by atoms with Gasteiger partial charge < -0.3 is 4.57 Å². The predicted molar refractivity (Wildman–Crippen MR) is 74.1 cm³/mol. The van der Waals surface area contributed by atoms with E-state index < -0.39 is 16.6 Å². The number of nitro groups is 1. The van der Waals surface area contributed by atoms with Crippen LogP contribution >= 0.6 is 0 Å². The molecule has 21 heavy (non-hydrogen) atoms. The number of hydrogen-bond donors (Lipinski definition) is 0. The molecule has 0 bridgehead atoms. The average molecular weight is 288 g/mol. The molecule has 0 amide bonds. The first-order valence-electron chi connectivity index (χ1n) is 6.22. The van der Waals surface area contributed by atoms with Crippen molar-refractivity contribution in [1.82, 2.24) is 4.57 Å². The van der Waals surface area contributed by atoms with E-state index in [2.05, 4.69) is 0 Å². The molecule has 0 radical (unpaired) electrons. The smallest absolute Gasteiger partial charge is 0.270 e. The summed E-state index contributed by atoms with van der Waals surface area (Å²) in [6, 6.07) is 10.2. The van der Waals surface area contributed by atoms with E-state index in [0.717, 1.165) is 11.6 Å². The maximum Gasteiger partial charge on any atom is 0.270 e. The molecule has 3 aromatic rings. The fourth-order valence-electron chi connectivity index (χ4n) is 2.29. The van der Waals surface area contributed by atoms with Crippen molar-refractivity contribution in [2.45, 2.75) is 6.54 Å². The molecule has 0 aliphatic rings. The first kappa shape index (κ1) is 13.2. The lowest BCUT2D eigenvalue weighted by Crippen LogP contribution is -2.02. The van der Waals surface area contributed by atoms with Gasteiger partial charge in [0, 0.05) is 34.8 Å². The molecule has 0 atom stereocenters. The highest BCUT2D eigenvalue weighted by atomic mass is 19.2. The molecule has 0 unspecified atom stereocenters. The number of nitrogens with zero attached hydrogens (tertiary/aromatic N) is 2. The van der Waals surface area contributed by atoms with Crippen molar-refractivity contribution in [3.8, 4) is 0 Å². The molecule has 0 fully saturated rings. The molecule has 1 aromatic heterocycles. The molecule has 6 heteroatoms. The molecule has 0 saturated heterocycles. The quantitative estimate of drug-likeness (QED) is 0.542. The zero-order valence-corrected chi connectivity index (χ0v) is 10.8. The van der Waals surface area contributed by atoms with Crippen molar-refractivity contribution in [3.63, 3.8) is 0 Å². The molecule has 2 aromatic carbocycles. The summed E-state index contributed by atoms with van der Waals surface area (Å²) in [7, 11) is 0. The molecule has 0 aliphatic carbocycles. The van der Waals surface area contributed by atoms with Crippen LogP contribution in [0.5, 0.6) is 0 Å². The zero-order valence-electron chi connectivity index (χ0n) is 10.8. The van der Waals surface area contributed by atoms with Gasteiger partial charge in [0.1, 0.15) is 0 Å². The van der Waals surface area contributed by atoms with Crippen molar-refractivity contribution >= 4 is 16.6 Å². The highest BCUT2D eigenvalue weighted by Gasteiger charge is 2.11. The van der Waals surface area contributed by atoms with Gasteiger partial charge in [-0.2, -0.15) is 0 Å². The van der Waals surface area contributed by atoms with Crippen LogP contribution in [-0.4, -0.2) is 9.49 Å². The lowest BCUT2D eigenvalue weighted by atomic mass is 10.2. The van der Waals surface area contributed by atoms with Gasteiger partial charge in [0.2, 0.25) is 0 Å². The average Bonchev–Trinajstić information content (AvgIpc) is 2.86. The second kappa shape index (κ2) is 4.97. The number of rotatable bonds is 3. The van der Waals surface area contributed by atoms with Crippen LogP contribution in [0.4, 0.5) is 14.5 Å². The number of fused-ring (bicyclic) bond motifs is 1. The third-order valence-corrected chi connectivity index (χ3v) is 3.34. The Kier molecular flexibility index (Phi) is 3.13. The van der Waals surface area contributed by atoms with Crippen LogP contribution in [0.1, 0.15) is 5.56 Å². The maximum atomic E-state index is 13.7. The molecule has 4 nitrogen and oxygen atoms in total. The lowest BCUT2D eigenvalue weighted by molar-refractivity contribution is -0.384. The fourth-order valence-corrected chi connectivity index (χ4v) is 2.29. The monoisotopic (exact) mass is 288 g/mol. The Morgan fingerprint density at radius 1 is 1.14 bits per heavy atom. The summed E-state index contributed by atoms with van der Waals surface area (Å²) in [5.41, 5.74) is 0.951. The molecule has 0 N–H and O–H groups in total. The van der Waals surface area contributed by atoms with Gasteiger partial charge in [-0.05, 0) is 18.2 Å². The Balaban J connectivity index is 2.02. The third kappa shape index (κ3) is 2.35. The summed E-state index contributed by atoms with van der Waals surface area (Å²) < 4.78 is 28.6. The lowest BCUT2D eigenvalue weighted by Gasteiger charge is -2.07. The summed E-state index contributed by atoms with van der Waals surface area (Å²) >= 11 is 0. The largest absolute Gasteiger partial charge is 0.343 e. The number of aromatic nitrogens is 1. The number of nitro benzene ring substituents is 1. The van der Waals surface area contributed by atoms with Gasteiger partial charge in [-0.3, -0.25) is 10.1 Å². The summed E-state index contributed by atoms with van der Waals surface area (Å²) in [6.07, 6.45) is 1.69. The van der Waals surface area contributed by atoms with Crippen LogP contribution in [0.25, 0.3) is 10.9 Å². The fraction of sp³-hybridized carbons (Fsp3) is 0.0667. The van der Waals surface area contributed by atoms with Crippen LogP contribution in [0.2, 0.25) is 0 Å². The summed E-state index contributed by atoms with van der Waals surface area (Å²) in [4.78, 5) is 10.3. The van der Waals surface area contributed by atoms with Crippen LogP contribution in [0.15, 0.2) is 48.7 Å². The molecule has 1 heterocycles. The first-order valence-corrected chi connectivity index (χ1v) is 6.22. The van der Waals surface area contributed by atoms with Crippen LogP contribution in [0.3, 0.4) is 0 Å². The van der Waals surface area contributed by atoms with Crippen molar-refractivity contribution < 1.29 is 13.7 Å². The van der Waals surface area contributed by atoms with Gasteiger partial charge in [0.25, 0.3) is 5.69 Å². The maximum absolute atomic E-state index is 13.7. The van der Waals surface area contributed by atoms with E-state index in [4.69, 9.17) is 0 Å². The highest BCUT2D eigenvalue weighted by molar-refractivity contribution is 5.82. The van der Waals surface area contributed by atoms with E-state index in [0.29, 0.717) is 5.39 Å². The Morgan fingerprint density at radius 3 is 2.71 bits per heavy atom. The summed E-state index contributed by atoms with van der Waals surface area (Å²) in [6.45, 7) is 0.158. The van der Waals surface area contributed by atoms with E-state index in [1.807, 2.05) is 0 Å². The minimum absolute atomic E-state index is 0.00261. The standard InChI is InChI=1S/C15H10F2N2O2/c16-13-3-1-2-11(15(13)17)9-18-7-6-10-8-12(19(20)21)4-5-14(10)18/h1-8H,9H2. The zero-order chi connectivity index (χ0) is 15.0. The van der Waals surface area contributed by atoms with Crippen molar-refractivity contribution in [2.24, 2.45) is 0 Å². The van der Waals surface area contributed by atoms with E-state index in [1.165, 1.54) is 24.3 Å². The topological polar surface area (TPSA) is 48.1 Å². The number of halogens is 2. The van der Waals surface area contributed by atoms with Gasteiger partial charge in [0.05, 0.1) is 11.5 Å². The predicted octanol–water partition coefficient (Wildman–Crippen LogP) is 3.88. The van der Waals surface area contributed by atoms with Gasteiger partial charge in [0.15, 0.2) is 11.6 Å². The molecule has 3 rings (SSSR count). The minimum Gasteiger partial charge on any atom is -0.343 e. The van der Waals surface area contributed by atoms with Crippen LogP contribution in [0, 0.1) is 21.7 Å².